The van der Waals surface area contributed by atoms with Crippen molar-refractivity contribution in [1.82, 2.24) is 14.9 Å². The molecule has 2 rings (SSSR count). The SMILES string of the molecule is CCN(C(=O)CSc1nc(CC(=O)OC)cc(=O)[nH]1)C1CCS(=O)(=O)C1. The van der Waals surface area contributed by atoms with Gasteiger partial charge in [0.15, 0.2) is 15.0 Å². The predicted octanol–water partition coefficient (Wildman–Crippen LogP) is -0.387. The van der Waals surface area contributed by atoms with Gasteiger partial charge in [0.1, 0.15) is 0 Å². The lowest BCUT2D eigenvalue weighted by molar-refractivity contribution is -0.139. The predicted molar refractivity (Wildman–Crippen MR) is 95.7 cm³/mol. The Morgan fingerprint density at radius 1 is 1.46 bits per heavy atom. The molecule has 1 unspecified atom stereocenters. The second-order valence-corrected chi connectivity index (χ2v) is 9.01. The first-order valence-electron chi connectivity index (χ1n) is 8.04. The van der Waals surface area contributed by atoms with Crippen molar-refractivity contribution in [3.8, 4) is 0 Å². The number of nitrogens with one attached hydrogen (secondary N) is 1. The quantitative estimate of drug-likeness (QED) is 0.371. The molecular weight excluding hydrogens is 382 g/mol. The van der Waals surface area contributed by atoms with E-state index in [4.69, 9.17) is 0 Å². The summed E-state index contributed by atoms with van der Waals surface area (Å²) in [7, 11) is -1.84. The van der Waals surface area contributed by atoms with Crippen molar-refractivity contribution in [3.05, 3.63) is 22.1 Å². The number of sulfone groups is 1. The number of methoxy groups -OCH3 is 1. The maximum Gasteiger partial charge on any atom is 0.311 e. The summed E-state index contributed by atoms with van der Waals surface area (Å²) in [4.78, 5) is 43.6. The van der Waals surface area contributed by atoms with Crippen LogP contribution >= 0.6 is 11.8 Å². The van der Waals surface area contributed by atoms with Gasteiger partial charge in [0.05, 0.1) is 36.5 Å². The highest BCUT2D eigenvalue weighted by Gasteiger charge is 2.33. The Bertz CT molecular complexity index is 836. The van der Waals surface area contributed by atoms with Crippen LogP contribution in [0.1, 0.15) is 19.0 Å². The first-order chi connectivity index (χ1) is 12.2. The average Bonchev–Trinajstić information content (AvgIpc) is 2.92. The molecule has 1 aromatic heterocycles. The molecule has 1 N–H and O–H groups in total. The molecule has 1 saturated heterocycles. The second-order valence-electron chi connectivity index (χ2n) is 5.82. The van der Waals surface area contributed by atoms with E-state index in [-0.39, 0.29) is 46.5 Å². The number of thioether (sulfide) groups is 1. The maximum absolute atomic E-state index is 12.5. The number of aromatic amines is 1. The number of ether oxygens (including phenoxy) is 1. The Morgan fingerprint density at radius 2 is 2.19 bits per heavy atom. The summed E-state index contributed by atoms with van der Waals surface area (Å²) in [5, 5.41) is 0.222. The van der Waals surface area contributed by atoms with Gasteiger partial charge in [-0.25, -0.2) is 13.4 Å². The fraction of sp³-hybridized carbons (Fsp3) is 0.600. The summed E-state index contributed by atoms with van der Waals surface area (Å²) in [6, 6.07) is 0.889. The molecule has 0 aliphatic carbocycles. The summed E-state index contributed by atoms with van der Waals surface area (Å²) in [6.45, 7) is 2.20. The van der Waals surface area contributed by atoms with E-state index in [0.717, 1.165) is 11.8 Å². The van der Waals surface area contributed by atoms with Gasteiger partial charge in [0.2, 0.25) is 5.91 Å². The van der Waals surface area contributed by atoms with Gasteiger partial charge in [-0.3, -0.25) is 14.4 Å². The highest BCUT2D eigenvalue weighted by atomic mass is 32.2. The molecule has 2 heterocycles. The number of carbonyl (C=O) groups is 2. The fourth-order valence-corrected chi connectivity index (χ4v) is 5.25. The molecule has 1 amide bonds. The zero-order valence-corrected chi connectivity index (χ0v) is 16.2. The van der Waals surface area contributed by atoms with E-state index in [1.165, 1.54) is 13.2 Å². The third-order valence-corrected chi connectivity index (χ3v) is 6.58. The van der Waals surface area contributed by atoms with Crippen LogP contribution < -0.4 is 5.56 Å². The number of aromatic nitrogens is 2. The molecule has 9 nitrogen and oxygen atoms in total. The summed E-state index contributed by atoms with van der Waals surface area (Å²) in [5.74, 6) is -0.648. The monoisotopic (exact) mass is 403 g/mol. The van der Waals surface area contributed by atoms with Gasteiger partial charge in [-0.2, -0.15) is 0 Å². The summed E-state index contributed by atoms with van der Waals surface area (Å²) in [6.07, 6.45) is 0.305. The van der Waals surface area contributed by atoms with Gasteiger partial charge in [0, 0.05) is 18.7 Å². The first kappa shape index (κ1) is 20.4. The Labute approximate surface area is 155 Å². The molecule has 0 radical (unpaired) electrons. The number of nitrogens with zero attached hydrogens (tertiary/aromatic N) is 2. The van der Waals surface area contributed by atoms with Crippen molar-refractivity contribution in [2.75, 3.05) is 30.9 Å². The Morgan fingerprint density at radius 3 is 2.77 bits per heavy atom. The van der Waals surface area contributed by atoms with Crippen LogP contribution in [0.5, 0.6) is 0 Å². The van der Waals surface area contributed by atoms with Gasteiger partial charge in [-0.15, -0.1) is 0 Å². The minimum absolute atomic E-state index is 0.00893. The normalized spacial score (nSPS) is 18.5. The zero-order valence-electron chi connectivity index (χ0n) is 14.6. The molecule has 26 heavy (non-hydrogen) atoms. The Balaban J connectivity index is 2.02. The number of esters is 1. The van der Waals surface area contributed by atoms with Crippen molar-refractivity contribution < 1.29 is 22.7 Å². The van der Waals surface area contributed by atoms with Gasteiger partial charge < -0.3 is 14.6 Å². The minimum atomic E-state index is -3.08. The van der Waals surface area contributed by atoms with E-state index in [1.807, 2.05) is 0 Å². The maximum atomic E-state index is 12.5. The molecule has 1 fully saturated rings. The highest BCUT2D eigenvalue weighted by Crippen LogP contribution is 2.20. The van der Waals surface area contributed by atoms with Gasteiger partial charge >= 0.3 is 5.97 Å². The molecule has 144 valence electrons. The molecule has 1 aliphatic heterocycles. The lowest BCUT2D eigenvalue weighted by Gasteiger charge is -2.26. The lowest BCUT2D eigenvalue weighted by Crippen LogP contribution is -2.42. The molecule has 0 aromatic carbocycles. The average molecular weight is 403 g/mol. The van der Waals surface area contributed by atoms with E-state index in [0.29, 0.717) is 13.0 Å². The number of carbonyl (C=O) groups excluding carboxylic acids is 2. The third-order valence-electron chi connectivity index (χ3n) is 3.97. The molecule has 0 spiro atoms. The first-order valence-corrected chi connectivity index (χ1v) is 10.8. The third kappa shape index (κ3) is 5.56. The van der Waals surface area contributed by atoms with Crippen molar-refractivity contribution in [3.63, 3.8) is 0 Å². The van der Waals surface area contributed by atoms with Crippen LogP contribution in [0, 0.1) is 0 Å². The molecule has 1 atom stereocenters. The number of hydrogen-bond acceptors (Lipinski definition) is 8. The van der Waals surface area contributed by atoms with E-state index in [1.54, 1.807) is 11.8 Å². The van der Waals surface area contributed by atoms with Gasteiger partial charge in [0.25, 0.3) is 5.56 Å². The topological polar surface area (TPSA) is 126 Å². The minimum Gasteiger partial charge on any atom is -0.469 e. The standard InChI is InChI=1S/C15H21N3O6S2/c1-3-18(11-4-5-26(22,23)9-11)13(20)8-25-15-16-10(6-12(19)17-15)7-14(21)24-2/h6,11H,3-5,7-9H2,1-2H3,(H,16,17,19). The Kier molecular flexibility index (Phi) is 6.81. The van der Waals surface area contributed by atoms with Crippen molar-refractivity contribution in [2.45, 2.75) is 31.0 Å². The molecule has 0 saturated carbocycles. The van der Waals surface area contributed by atoms with E-state index in [2.05, 4.69) is 14.7 Å². The smallest absolute Gasteiger partial charge is 0.311 e. The van der Waals surface area contributed by atoms with Crippen molar-refractivity contribution in [2.24, 2.45) is 0 Å². The van der Waals surface area contributed by atoms with Crippen LogP contribution in [0.3, 0.4) is 0 Å². The molecule has 1 aromatic rings. The van der Waals surface area contributed by atoms with Gasteiger partial charge in [-0.1, -0.05) is 11.8 Å². The highest BCUT2D eigenvalue weighted by molar-refractivity contribution is 7.99. The molecular formula is C15H21N3O6S2. The van der Waals surface area contributed by atoms with E-state index in [9.17, 15) is 22.8 Å². The summed E-state index contributed by atoms with van der Waals surface area (Å²) < 4.78 is 27.8. The Hall–Kier alpha value is -1.88. The number of H-pyrrole nitrogens is 1. The number of amides is 1. The van der Waals surface area contributed by atoms with Crippen LogP contribution in [-0.2, 0) is 30.6 Å². The van der Waals surface area contributed by atoms with Crippen LogP contribution in [0.2, 0.25) is 0 Å². The second kappa shape index (κ2) is 8.67. The van der Waals surface area contributed by atoms with Gasteiger partial charge in [-0.05, 0) is 13.3 Å². The number of hydrogen-bond donors (Lipinski definition) is 1. The van der Waals surface area contributed by atoms with Crippen LogP contribution in [0.4, 0.5) is 0 Å². The van der Waals surface area contributed by atoms with Crippen molar-refractivity contribution >= 4 is 33.5 Å². The van der Waals surface area contributed by atoms with Crippen LogP contribution in [0.15, 0.2) is 16.0 Å². The van der Waals surface area contributed by atoms with E-state index < -0.39 is 21.4 Å². The lowest BCUT2D eigenvalue weighted by atomic mass is 10.2. The fourth-order valence-electron chi connectivity index (χ4n) is 2.73. The largest absolute Gasteiger partial charge is 0.469 e. The zero-order chi connectivity index (χ0) is 19.3. The molecule has 0 bridgehead atoms. The number of rotatable bonds is 7. The summed E-state index contributed by atoms with van der Waals surface area (Å²) in [5.41, 5.74) is -0.173. The van der Waals surface area contributed by atoms with Crippen LogP contribution in [0.25, 0.3) is 0 Å². The summed E-state index contributed by atoms with van der Waals surface area (Å²) >= 11 is 1.03. The van der Waals surface area contributed by atoms with E-state index >= 15 is 0 Å². The van der Waals surface area contributed by atoms with Crippen molar-refractivity contribution in [1.29, 1.82) is 0 Å². The molecule has 1 aliphatic rings. The molecule has 11 heteroatoms. The van der Waals surface area contributed by atoms with Crippen LogP contribution in [-0.4, -0.2) is 72.1 Å².